The number of nitrogens with one attached hydrogen (secondary N) is 1. The van der Waals surface area contributed by atoms with Crippen LogP contribution < -0.4 is 14.4 Å². The third-order valence-corrected chi connectivity index (χ3v) is 5.17. The topological polar surface area (TPSA) is 136 Å². The highest BCUT2D eigenvalue weighted by molar-refractivity contribution is 7.92. The first-order valence-corrected chi connectivity index (χ1v) is 11.1. The first-order valence-electron chi connectivity index (χ1n) is 9.16. The average molecular weight is 453 g/mol. The Hall–Kier alpha value is -4.25. The van der Waals surface area contributed by atoms with Crippen LogP contribution in [0.25, 0.3) is 0 Å². The van der Waals surface area contributed by atoms with Crippen molar-refractivity contribution in [1.82, 2.24) is 0 Å². The van der Waals surface area contributed by atoms with Crippen molar-refractivity contribution >= 4 is 38.9 Å². The Balaban J connectivity index is 1.80. The fourth-order valence-electron chi connectivity index (χ4n) is 3.29. The summed E-state index contributed by atoms with van der Waals surface area (Å²) in [6, 6.07) is 16.3. The van der Waals surface area contributed by atoms with Crippen molar-refractivity contribution in [3.8, 4) is 11.5 Å². The minimum Gasteiger partial charge on any atom is -0.455 e. The number of sulfonamides is 1. The molecule has 3 aromatic carbocycles. The molecule has 10 nitrogen and oxygen atoms in total. The van der Waals surface area contributed by atoms with E-state index in [4.69, 9.17) is 4.74 Å². The number of carbonyl (C=O) groups excluding carboxylic acids is 2. The zero-order chi connectivity index (χ0) is 23.0. The number of para-hydroxylation sites is 1. The number of rotatable bonds is 6. The van der Waals surface area contributed by atoms with Crippen LogP contribution in [-0.2, 0) is 10.0 Å². The maximum Gasteiger partial charge on any atom is 0.283 e. The molecule has 0 spiro atoms. The van der Waals surface area contributed by atoms with Crippen molar-refractivity contribution in [2.75, 3.05) is 15.9 Å². The van der Waals surface area contributed by atoms with Gasteiger partial charge in [-0.2, -0.15) is 0 Å². The van der Waals surface area contributed by atoms with E-state index < -0.39 is 32.4 Å². The number of imide groups is 1. The molecule has 0 unspecified atom stereocenters. The lowest BCUT2D eigenvalue weighted by Gasteiger charge is -2.18. The Morgan fingerprint density at radius 3 is 2.34 bits per heavy atom. The van der Waals surface area contributed by atoms with Gasteiger partial charge in [-0.05, 0) is 30.3 Å². The van der Waals surface area contributed by atoms with Crippen LogP contribution in [0.15, 0.2) is 66.7 Å². The van der Waals surface area contributed by atoms with Gasteiger partial charge in [0.05, 0.1) is 28.1 Å². The van der Waals surface area contributed by atoms with E-state index in [0.717, 1.165) is 17.2 Å². The van der Waals surface area contributed by atoms with Gasteiger partial charge in [-0.1, -0.05) is 24.3 Å². The monoisotopic (exact) mass is 453 g/mol. The maximum absolute atomic E-state index is 13.0. The summed E-state index contributed by atoms with van der Waals surface area (Å²) in [5.74, 6) is -1.17. The second-order valence-electron chi connectivity index (χ2n) is 6.87. The van der Waals surface area contributed by atoms with Gasteiger partial charge >= 0.3 is 0 Å². The zero-order valence-electron chi connectivity index (χ0n) is 16.5. The second-order valence-corrected chi connectivity index (χ2v) is 8.62. The van der Waals surface area contributed by atoms with Crippen LogP contribution in [-0.4, -0.2) is 31.4 Å². The first-order chi connectivity index (χ1) is 15.2. The summed E-state index contributed by atoms with van der Waals surface area (Å²) in [6.45, 7) is 0. The molecule has 0 radical (unpaired) electrons. The number of carbonyl (C=O) groups is 2. The molecular formula is C21H15N3O7S. The predicted octanol–water partition coefficient (Wildman–Crippen LogP) is 3.56. The minimum atomic E-state index is -3.66. The van der Waals surface area contributed by atoms with Crippen molar-refractivity contribution in [2.24, 2.45) is 0 Å². The number of nitro benzene ring substituents is 1. The molecule has 0 bridgehead atoms. The van der Waals surface area contributed by atoms with Crippen LogP contribution in [0.3, 0.4) is 0 Å². The fourth-order valence-corrected chi connectivity index (χ4v) is 3.86. The summed E-state index contributed by atoms with van der Waals surface area (Å²) in [4.78, 5) is 37.3. The number of ether oxygens (including phenoxy) is 1. The lowest BCUT2D eigenvalue weighted by Crippen LogP contribution is -2.29. The van der Waals surface area contributed by atoms with E-state index in [9.17, 15) is 28.1 Å². The van der Waals surface area contributed by atoms with Crippen molar-refractivity contribution in [3.05, 3.63) is 88.0 Å². The van der Waals surface area contributed by atoms with E-state index in [1.807, 2.05) is 0 Å². The summed E-state index contributed by atoms with van der Waals surface area (Å²) in [6.07, 6.45) is 0.969. The minimum absolute atomic E-state index is 0.0326. The molecule has 0 atom stereocenters. The summed E-state index contributed by atoms with van der Waals surface area (Å²) >= 11 is 0. The molecule has 0 saturated heterocycles. The lowest BCUT2D eigenvalue weighted by molar-refractivity contribution is -0.385. The maximum atomic E-state index is 13.0. The summed E-state index contributed by atoms with van der Waals surface area (Å²) in [5, 5.41) is 11.3. The zero-order valence-corrected chi connectivity index (χ0v) is 17.3. The highest BCUT2D eigenvalue weighted by atomic mass is 32.2. The van der Waals surface area contributed by atoms with Crippen LogP contribution in [0, 0.1) is 10.1 Å². The average Bonchev–Trinajstić information content (AvgIpc) is 2.99. The van der Waals surface area contributed by atoms with Crippen LogP contribution in [0.4, 0.5) is 17.1 Å². The highest BCUT2D eigenvalue weighted by Gasteiger charge is 2.42. The van der Waals surface area contributed by atoms with Crippen molar-refractivity contribution in [2.45, 2.75) is 0 Å². The lowest BCUT2D eigenvalue weighted by atomic mass is 10.1. The molecule has 3 aromatic rings. The smallest absolute Gasteiger partial charge is 0.283 e. The van der Waals surface area contributed by atoms with E-state index in [0.29, 0.717) is 5.75 Å². The molecule has 0 fully saturated rings. The molecule has 1 aliphatic rings. The second kappa shape index (κ2) is 7.78. The van der Waals surface area contributed by atoms with E-state index in [1.165, 1.54) is 30.3 Å². The third kappa shape index (κ3) is 3.88. The quantitative estimate of drug-likeness (QED) is 0.342. The molecule has 4 rings (SSSR count). The first kappa shape index (κ1) is 21.0. The number of anilines is 2. The number of hydrogen-bond donors (Lipinski definition) is 1. The molecule has 0 saturated carbocycles. The molecule has 1 aliphatic heterocycles. The Bertz CT molecular complexity index is 1370. The number of benzene rings is 3. The molecule has 1 N–H and O–H groups in total. The van der Waals surface area contributed by atoms with Gasteiger partial charge in [0.25, 0.3) is 17.5 Å². The van der Waals surface area contributed by atoms with E-state index in [1.54, 1.807) is 30.3 Å². The molecule has 11 heteroatoms. The van der Waals surface area contributed by atoms with Crippen LogP contribution in [0.2, 0.25) is 0 Å². The number of nitro groups is 1. The Kier molecular flexibility index (Phi) is 5.11. The summed E-state index contributed by atoms with van der Waals surface area (Å²) < 4.78 is 31.6. The normalized spacial score (nSPS) is 13.1. The van der Waals surface area contributed by atoms with Gasteiger partial charge in [0.15, 0.2) is 5.75 Å². The van der Waals surface area contributed by atoms with Crippen molar-refractivity contribution < 1.29 is 27.7 Å². The standard InChI is InChI=1S/C21H15N3O7S/c1-32(29,30)22-16-11-10-13(12-18(16)31-14-6-3-2-4-7-14)23-20(25)15-8-5-9-17(24(27)28)19(15)21(23)26/h2-12,22H,1H3. The fraction of sp³-hybridized carbons (Fsp3) is 0.0476. The third-order valence-electron chi connectivity index (χ3n) is 4.58. The van der Waals surface area contributed by atoms with Gasteiger partial charge in [-0.25, -0.2) is 13.3 Å². The number of fused-ring (bicyclic) bond motifs is 1. The number of hydrogen-bond acceptors (Lipinski definition) is 7. The van der Waals surface area contributed by atoms with Crippen molar-refractivity contribution in [3.63, 3.8) is 0 Å². The van der Waals surface area contributed by atoms with Gasteiger partial charge in [0.1, 0.15) is 11.3 Å². The molecule has 2 amide bonds. The van der Waals surface area contributed by atoms with Gasteiger partial charge in [-0.15, -0.1) is 0 Å². The molecule has 1 heterocycles. The molecule has 32 heavy (non-hydrogen) atoms. The van der Waals surface area contributed by atoms with Gasteiger partial charge < -0.3 is 4.74 Å². The van der Waals surface area contributed by atoms with Crippen LogP contribution in [0.5, 0.6) is 11.5 Å². The molecule has 162 valence electrons. The van der Waals surface area contributed by atoms with Crippen molar-refractivity contribution in [1.29, 1.82) is 0 Å². The van der Waals surface area contributed by atoms with Crippen LogP contribution in [0.1, 0.15) is 20.7 Å². The molecular weight excluding hydrogens is 438 g/mol. The highest BCUT2D eigenvalue weighted by Crippen LogP contribution is 2.38. The molecule has 0 aliphatic carbocycles. The van der Waals surface area contributed by atoms with Gasteiger partial charge in [0, 0.05) is 12.1 Å². The SMILES string of the molecule is CS(=O)(=O)Nc1ccc(N2C(=O)c3cccc([N+](=O)[O-])c3C2=O)cc1Oc1ccccc1. The van der Waals surface area contributed by atoms with Gasteiger partial charge in [-0.3, -0.25) is 24.4 Å². The largest absolute Gasteiger partial charge is 0.455 e. The Morgan fingerprint density at radius 1 is 0.969 bits per heavy atom. The van der Waals surface area contributed by atoms with Gasteiger partial charge in [0.2, 0.25) is 10.0 Å². The number of nitrogens with zero attached hydrogens (tertiary/aromatic N) is 2. The van der Waals surface area contributed by atoms with E-state index in [-0.39, 0.29) is 28.3 Å². The Morgan fingerprint density at radius 2 is 1.69 bits per heavy atom. The predicted molar refractivity (Wildman–Crippen MR) is 116 cm³/mol. The Labute approximate surface area is 182 Å². The van der Waals surface area contributed by atoms with E-state index in [2.05, 4.69) is 4.72 Å². The molecule has 0 aromatic heterocycles. The number of amides is 2. The summed E-state index contributed by atoms with van der Waals surface area (Å²) in [5.41, 5.74) is -0.711. The van der Waals surface area contributed by atoms with Crippen LogP contribution >= 0.6 is 0 Å². The summed E-state index contributed by atoms with van der Waals surface area (Å²) in [7, 11) is -3.66. The van der Waals surface area contributed by atoms with E-state index >= 15 is 0 Å².